The van der Waals surface area contributed by atoms with Crippen molar-refractivity contribution in [2.24, 2.45) is 5.92 Å². The maximum Gasteiger partial charge on any atom is 0.338 e. The van der Waals surface area contributed by atoms with Gasteiger partial charge in [0.1, 0.15) is 0 Å². The van der Waals surface area contributed by atoms with E-state index in [1.54, 1.807) is 0 Å². The van der Waals surface area contributed by atoms with Crippen molar-refractivity contribution in [3.05, 3.63) is 77.0 Å². The quantitative estimate of drug-likeness (QED) is 0.505. The number of benzene rings is 2. The van der Waals surface area contributed by atoms with Crippen molar-refractivity contribution < 1.29 is 27.2 Å². The molecule has 0 spiro atoms. The van der Waals surface area contributed by atoms with Crippen LogP contribution < -0.4 is 5.32 Å². The van der Waals surface area contributed by atoms with Gasteiger partial charge >= 0.3 is 5.97 Å². The minimum absolute atomic E-state index is 0.00171. The molecule has 0 fully saturated rings. The van der Waals surface area contributed by atoms with Crippen LogP contribution >= 0.6 is 11.6 Å². The number of anilines is 1. The van der Waals surface area contributed by atoms with Crippen molar-refractivity contribution in [2.75, 3.05) is 11.9 Å². The van der Waals surface area contributed by atoms with Gasteiger partial charge in [-0.2, -0.15) is 0 Å². The van der Waals surface area contributed by atoms with Gasteiger partial charge in [0, 0.05) is 10.7 Å². The van der Waals surface area contributed by atoms with E-state index in [4.69, 9.17) is 20.8 Å². The lowest BCUT2D eigenvalue weighted by Gasteiger charge is -2.08. The maximum atomic E-state index is 12.6. The van der Waals surface area contributed by atoms with Gasteiger partial charge in [-0.1, -0.05) is 25.4 Å². The minimum Gasteiger partial charge on any atom is -0.462 e. The maximum absolute atomic E-state index is 12.6. The molecule has 0 atom stereocenters. The summed E-state index contributed by atoms with van der Waals surface area (Å²) in [6, 6.07) is 14.2. The molecule has 0 aliphatic rings. The molecule has 1 N–H and O–H groups in total. The average Bonchev–Trinajstić information content (AvgIpc) is 3.24. The van der Waals surface area contributed by atoms with Crippen LogP contribution in [0.2, 0.25) is 5.02 Å². The number of ether oxygens (including phenoxy) is 1. The first-order valence-electron chi connectivity index (χ1n) is 9.36. The number of furan rings is 1. The molecule has 7 nitrogen and oxygen atoms in total. The third kappa shape index (κ3) is 5.53. The predicted octanol–water partition coefficient (Wildman–Crippen LogP) is 4.83. The van der Waals surface area contributed by atoms with E-state index >= 15 is 0 Å². The van der Waals surface area contributed by atoms with Crippen molar-refractivity contribution in [1.82, 2.24) is 0 Å². The van der Waals surface area contributed by atoms with Gasteiger partial charge in [0.05, 0.1) is 17.1 Å². The molecule has 9 heteroatoms. The van der Waals surface area contributed by atoms with Gasteiger partial charge in [-0.25, -0.2) is 13.2 Å². The standard InChI is InChI=1S/C22H20ClNO6S/c1-14(2)13-29-22(26)15-3-7-17(8-4-15)24-21(25)19-11-12-20(30-19)31(27,28)18-9-5-16(23)6-10-18/h3-12,14H,13H2,1-2H3,(H,24,25). The zero-order valence-corrected chi connectivity index (χ0v) is 18.4. The fourth-order valence-electron chi connectivity index (χ4n) is 2.52. The molecule has 0 aliphatic carbocycles. The van der Waals surface area contributed by atoms with Gasteiger partial charge in [0.2, 0.25) is 14.9 Å². The van der Waals surface area contributed by atoms with E-state index in [1.165, 1.54) is 60.7 Å². The topological polar surface area (TPSA) is 103 Å². The first-order valence-corrected chi connectivity index (χ1v) is 11.2. The van der Waals surface area contributed by atoms with E-state index < -0.39 is 21.7 Å². The SMILES string of the molecule is CC(C)COC(=O)c1ccc(NC(=O)c2ccc(S(=O)(=O)c3ccc(Cl)cc3)o2)cc1. The number of hydrogen-bond donors (Lipinski definition) is 1. The van der Waals surface area contributed by atoms with Crippen molar-refractivity contribution >= 4 is 39.0 Å². The summed E-state index contributed by atoms with van der Waals surface area (Å²) >= 11 is 5.79. The average molecular weight is 462 g/mol. The summed E-state index contributed by atoms with van der Waals surface area (Å²) < 4.78 is 35.7. The number of sulfone groups is 1. The van der Waals surface area contributed by atoms with E-state index in [-0.39, 0.29) is 21.7 Å². The van der Waals surface area contributed by atoms with Gasteiger partial charge in [0.15, 0.2) is 5.76 Å². The molecule has 1 heterocycles. The van der Waals surface area contributed by atoms with E-state index in [2.05, 4.69) is 5.32 Å². The molecule has 3 rings (SSSR count). The van der Waals surface area contributed by atoms with E-state index in [1.807, 2.05) is 13.8 Å². The number of nitrogens with one attached hydrogen (secondary N) is 1. The summed E-state index contributed by atoms with van der Waals surface area (Å²) in [4.78, 5) is 24.4. The van der Waals surface area contributed by atoms with Crippen LogP contribution in [0, 0.1) is 5.92 Å². The minimum atomic E-state index is -3.92. The van der Waals surface area contributed by atoms with Gasteiger partial charge < -0.3 is 14.5 Å². The highest BCUT2D eigenvalue weighted by Crippen LogP contribution is 2.24. The zero-order chi connectivity index (χ0) is 22.6. The Bertz CT molecular complexity index is 1180. The second-order valence-corrected chi connectivity index (χ2v) is 9.42. The smallest absolute Gasteiger partial charge is 0.338 e. The van der Waals surface area contributed by atoms with Crippen LogP contribution in [0.3, 0.4) is 0 Å². The number of carbonyl (C=O) groups excluding carboxylic acids is 2. The molecule has 0 aliphatic heterocycles. The third-order valence-corrected chi connectivity index (χ3v) is 6.01. The summed E-state index contributed by atoms with van der Waals surface area (Å²) in [7, 11) is -3.92. The Labute approximate surface area is 184 Å². The second-order valence-electron chi connectivity index (χ2n) is 7.10. The van der Waals surface area contributed by atoms with Crippen molar-refractivity contribution in [3.63, 3.8) is 0 Å². The van der Waals surface area contributed by atoms with Gasteiger partial charge in [-0.05, 0) is 66.6 Å². The summed E-state index contributed by atoms with van der Waals surface area (Å²) in [6.07, 6.45) is 0. The van der Waals surface area contributed by atoms with Crippen LogP contribution in [0.1, 0.15) is 34.8 Å². The Morgan fingerprint density at radius 3 is 2.26 bits per heavy atom. The lowest BCUT2D eigenvalue weighted by molar-refractivity contribution is 0.0459. The second kappa shape index (κ2) is 9.36. The van der Waals surface area contributed by atoms with Crippen molar-refractivity contribution in [2.45, 2.75) is 23.8 Å². The summed E-state index contributed by atoms with van der Waals surface area (Å²) in [6.45, 7) is 4.19. The van der Waals surface area contributed by atoms with Crippen LogP contribution in [0.4, 0.5) is 5.69 Å². The highest BCUT2D eigenvalue weighted by atomic mass is 35.5. The molecule has 162 valence electrons. The van der Waals surface area contributed by atoms with Gasteiger partial charge in [-0.3, -0.25) is 4.79 Å². The zero-order valence-electron chi connectivity index (χ0n) is 16.8. The molecule has 3 aromatic rings. The summed E-state index contributed by atoms with van der Waals surface area (Å²) in [5, 5.41) is 2.63. The Balaban J connectivity index is 1.68. The summed E-state index contributed by atoms with van der Waals surface area (Å²) in [5.74, 6) is -1.03. The summed E-state index contributed by atoms with van der Waals surface area (Å²) in [5.41, 5.74) is 0.761. The predicted molar refractivity (Wildman–Crippen MR) is 115 cm³/mol. The van der Waals surface area contributed by atoms with Crippen molar-refractivity contribution in [3.8, 4) is 0 Å². The molecule has 1 amide bonds. The van der Waals surface area contributed by atoms with E-state index in [0.717, 1.165) is 0 Å². The molecule has 31 heavy (non-hydrogen) atoms. The molecule has 1 aromatic heterocycles. The van der Waals surface area contributed by atoms with Crippen LogP contribution in [0.15, 0.2) is 75.1 Å². The van der Waals surface area contributed by atoms with Crippen molar-refractivity contribution in [1.29, 1.82) is 0 Å². The largest absolute Gasteiger partial charge is 0.462 e. The van der Waals surface area contributed by atoms with Gasteiger partial charge in [-0.15, -0.1) is 0 Å². The molecule has 0 unspecified atom stereocenters. The molecular weight excluding hydrogens is 442 g/mol. The molecule has 0 saturated carbocycles. The first-order chi connectivity index (χ1) is 14.7. The van der Waals surface area contributed by atoms with Gasteiger partial charge in [0.25, 0.3) is 5.91 Å². The Kier molecular flexibility index (Phi) is 6.82. The number of halogens is 1. The molecule has 0 radical (unpaired) electrons. The number of hydrogen-bond acceptors (Lipinski definition) is 6. The van der Waals surface area contributed by atoms with Crippen LogP contribution in [0.25, 0.3) is 0 Å². The Morgan fingerprint density at radius 2 is 1.65 bits per heavy atom. The normalized spacial score (nSPS) is 11.4. The van der Waals surface area contributed by atoms with Crippen LogP contribution in [-0.2, 0) is 14.6 Å². The fraction of sp³-hybridized carbons (Fsp3) is 0.182. The number of carbonyl (C=O) groups is 2. The Hall–Kier alpha value is -3.10. The van der Waals surface area contributed by atoms with E-state index in [9.17, 15) is 18.0 Å². The third-order valence-electron chi connectivity index (χ3n) is 4.12. The number of amides is 1. The lowest BCUT2D eigenvalue weighted by atomic mass is 10.2. The van der Waals surface area contributed by atoms with Crippen LogP contribution in [0.5, 0.6) is 0 Å². The first kappa shape index (κ1) is 22.6. The molecule has 2 aromatic carbocycles. The number of rotatable bonds is 7. The number of esters is 1. The highest BCUT2D eigenvalue weighted by Gasteiger charge is 2.23. The highest BCUT2D eigenvalue weighted by molar-refractivity contribution is 7.91. The van der Waals surface area contributed by atoms with E-state index in [0.29, 0.717) is 22.9 Å². The molecule has 0 saturated heterocycles. The lowest BCUT2D eigenvalue weighted by Crippen LogP contribution is -2.12. The molecule has 0 bridgehead atoms. The monoisotopic (exact) mass is 461 g/mol. The fourth-order valence-corrected chi connectivity index (χ4v) is 3.82. The van der Waals surface area contributed by atoms with Crippen LogP contribution in [-0.4, -0.2) is 26.9 Å². The Morgan fingerprint density at radius 1 is 1.00 bits per heavy atom. The molecular formula is C22H20ClNO6S.